The fourth-order valence-corrected chi connectivity index (χ4v) is 2.52. The lowest BCUT2D eigenvalue weighted by Crippen LogP contribution is -2.24. The molecule has 3 N–H and O–H groups in total. The molecule has 1 aromatic heterocycles. The van der Waals surface area contributed by atoms with Gasteiger partial charge in [0.25, 0.3) is 5.56 Å². The molecule has 0 spiro atoms. The predicted molar refractivity (Wildman–Crippen MR) is 86.0 cm³/mol. The summed E-state index contributed by atoms with van der Waals surface area (Å²) in [5.41, 5.74) is 0.634. The summed E-state index contributed by atoms with van der Waals surface area (Å²) in [6.45, 7) is -0.399. The minimum atomic E-state index is -1.01. The van der Waals surface area contributed by atoms with Gasteiger partial charge in [-0.25, -0.2) is 0 Å². The van der Waals surface area contributed by atoms with Crippen molar-refractivity contribution in [3.63, 3.8) is 0 Å². The number of aliphatic hydroxyl groups excluding tert-OH is 2. The molecule has 118 valence electrons. The summed E-state index contributed by atoms with van der Waals surface area (Å²) in [5, 5.41) is 19.2. The molecular weight excluding hydrogens is 328 g/mol. The fourth-order valence-electron chi connectivity index (χ4n) is 2.07. The van der Waals surface area contributed by atoms with Crippen LogP contribution < -0.4 is 10.3 Å². The summed E-state index contributed by atoms with van der Waals surface area (Å²) in [6, 6.07) is 6.33. The van der Waals surface area contributed by atoms with E-state index in [1.165, 1.54) is 17.7 Å². The topological polar surface area (TPSA) is 87.5 Å². The van der Waals surface area contributed by atoms with Crippen LogP contribution >= 0.6 is 23.8 Å². The maximum absolute atomic E-state index is 11.8. The van der Waals surface area contributed by atoms with E-state index in [4.69, 9.17) is 33.7 Å². The Morgan fingerprint density at radius 3 is 2.82 bits per heavy atom. The highest BCUT2D eigenvalue weighted by Gasteiger charge is 2.15. The van der Waals surface area contributed by atoms with Gasteiger partial charge in [0.2, 0.25) is 0 Å². The zero-order chi connectivity index (χ0) is 16.3. The zero-order valence-electron chi connectivity index (χ0n) is 11.7. The van der Waals surface area contributed by atoms with E-state index in [1.54, 1.807) is 18.2 Å². The van der Waals surface area contributed by atoms with Gasteiger partial charge in [-0.05, 0) is 30.4 Å². The molecule has 0 saturated carbocycles. The monoisotopic (exact) mass is 342 g/mol. The molecule has 22 heavy (non-hydrogen) atoms. The number of nitrogens with one attached hydrogen (secondary N) is 1. The predicted octanol–water partition coefficient (Wildman–Crippen LogP) is 1.59. The second-order valence-electron chi connectivity index (χ2n) is 4.62. The van der Waals surface area contributed by atoms with Crippen molar-refractivity contribution in [2.45, 2.75) is 12.6 Å². The fraction of sp³-hybridized carbons (Fsp3) is 0.286. The second-order valence-corrected chi connectivity index (χ2v) is 5.44. The Bertz CT molecular complexity index is 787. The molecule has 8 heteroatoms. The first-order chi connectivity index (χ1) is 10.5. The number of aromatic amines is 1. The van der Waals surface area contributed by atoms with Gasteiger partial charge in [-0.2, -0.15) is 0 Å². The Morgan fingerprint density at radius 2 is 2.18 bits per heavy atom. The second kappa shape index (κ2) is 7.06. The lowest BCUT2D eigenvalue weighted by atomic mass is 10.1. The maximum Gasteiger partial charge on any atom is 0.252 e. The van der Waals surface area contributed by atoms with Gasteiger partial charge in [-0.15, -0.1) is 0 Å². The van der Waals surface area contributed by atoms with Crippen LogP contribution in [0.15, 0.2) is 29.1 Å². The highest BCUT2D eigenvalue weighted by molar-refractivity contribution is 7.71. The van der Waals surface area contributed by atoms with Crippen LogP contribution in [0.3, 0.4) is 0 Å². The molecule has 0 aliphatic rings. The quantitative estimate of drug-likeness (QED) is 0.718. The molecule has 0 aliphatic heterocycles. The standard InChI is InChI=1S/C14H15ClN2O4S/c1-21-12-3-2-8(15)4-10(12)11-5-13(20)16-14(22)17(11)6-9(19)7-18/h2-5,9,18-19H,6-7H2,1H3,(H,16,20,22)/t9-/m1/s1. The van der Waals surface area contributed by atoms with E-state index in [1.807, 2.05) is 0 Å². The largest absolute Gasteiger partial charge is 0.496 e. The van der Waals surface area contributed by atoms with Crippen molar-refractivity contribution in [2.24, 2.45) is 0 Å². The molecule has 2 aromatic rings. The molecule has 2 rings (SSSR count). The van der Waals surface area contributed by atoms with Crippen molar-refractivity contribution in [3.05, 3.63) is 44.4 Å². The lowest BCUT2D eigenvalue weighted by molar-refractivity contribution is 0.0808. The SMILES string of the molecule is COc1ccc(Cl)cc1-c1cc(=O)[nH]c(=S)n1C[C@@H](O)CO. The first kappa shape index (κ1) is 16.7. The normalized spacial score (nSPS) is 12.2. The maximum atomic E-state index is 11.8. The Kier molecular flexibility index (Phi) is 5.36. The van der Waals surface area contributed by atoms with Gasteiger partial charge in [0.15, 0.2) is 4.77 Å². The first-order valence-electron chi connectivity index (χ1n) is 6.43. The number of ether oxygens (including phenoxy) is 1. The number of nitrogens with zero attached hydrogens (tertiary/aromatic N) is 1. The number of H-pyrrole nitrogens is 1. The molecular formula is C14H15ClN2O4S. The first-order valence-corrected chi connectivity index (χ1v) is 7.22. The van der Waals surface area contributed by atoms with E-state index in [2.05, 4.69) is 4.98 Å². The Hall–Kier alpha value is -1.67. The molecule has 0 saturated heterocycles. The smallest absolute Gasteiger partial charge is 0.252 e. The number of aliphatic hydroxyl groups is 2. The highest BCUT2D eigenvalue weighted by Crippen LogP contribution is 2.32. The Labute approximate surface area is 136 Å². The minimum absolute atomic E-state index is 0.0249. The van der Waals surface area contributed by atoms with E-state index in [-0.39, 0.29) is 16.9 Å². The molecule has 0 amide bonds. The van der Waals surface area contributed by atoms with Gasteiger partial charge < -0.3 is 19.5 Å². The van der Waals surface area contributed by atoms with Gasteiger partial charge in [0.1, 0.15) is 5.75 Å². The van der Waals surface area contributed by atoms with Crippen LogP contribution in [-0.2, 0) is 6.54 Å². The van der Waals surface area contributed by atoms with Crippen LogP contribution in [-0.4, -0.2) is 39.6 Å². The molecule has 0 unspecified atom stereocenters. The highest BCUT2D eigenvalue weighted by atomic mass is 35.5. The Balaban J connectivity index is 2.71. The van der Waals surface area contributed by atoms with E-state index in [9.17, 15) is 9.90 Å². The number of hydrogen-bond donors (Lipinski definition) is 3. The Morgan fingerprint density at radius 1 is 1.45 bits per heavy atom. The molecule has 0 radical (unpaired) electrons. The van der Waals surface area contributed by atoms with Crippen molar-refractivity contribution in [1.82, 2.24) is 9.55 Å². The van der Waals surface area contributed by atoms with Gasteiger partial charge >= 0.3 is 0 Å². The number of halogens is 1. The van der Waals surface area contributed by atoms with Crippen molar-refractivity contribution in [1.29, 1.82) is 0 Å². The number of aromatic nitrogens is 2. The average Bonchev–Trinajstić information content (AvgIpc) is 2.49. The van der Waals surface area contributed by atoms with Crippen molar-refractivity contribution in [2.75, 3.05) is 13.7 Å². The summed E-state index contributed by atoms with van der Waals surface area (Å²) in [5.74, 6) is 0.511. The summed E-state index contributed by atoms with van der Waals surface area (Å²) < 4.78 is 6.95. The molecule has 0 bridgehead atoms. The summed E-state index contributed by atoms with van der Waals surface area (Å²) in [7, 11) is 1.50. The number of rotatable bonds is 5. The summed E-state index contributed by atoms with van der Waals surface area (Å²) >= 11 is 11.2. The van der Waals surface area contributed by atoms with E-state index >= 15 is 0 Å². The van der Waals surface area contributed by atoms with Crippen LogP contribution in [0, 0.1) is 4.77 Å². The van der Waals surface area contributed by atoms with Crippen LogP contribution in [0.2, 0.25) is 5.02 Å². The average molecular weight is 343 g/mol. The van der Waals surface area contributed by atoms with Crippen LogP contribution in [0.1, 0.15) is 0 Å². The van der Waals surface area contributed by atoms with Crippen LogP contribution in [0.5, 0.6) is 5.75 Å². The van der Waals surface area contributed by atoms with E-state index in [0.717, 1.165) is 0 Å². The zero-order valence-corrected chi connectivity index (χ0v) is 13.3. The number of hydrogen-bond acceptors (Lipinski definition) is 5. The van der Waals surface area contributed by atoms with Crippen molar-refractivity contribution in [3.8, 4) is 17.0 Å². The molecule has 1 aromatic carbocycles. The van der Waals surface area contributed by atoms with Gasteiger partial charge in [-0.1, -0.05) is 11.6 Å². The van der Waals surface area contributed by atoms with Crippen molar-refractivity contribution >= 4 is 23.8 Å². The van der Waals surface area contributed by atoms with Gasteiger partial charge in [0, 0.05) is 16.7 Å². The lowest BCUT2D eigenvalue weighted by Gasteiger charge is -2.18. The van der Waals surface area contributed by atoms with E-state index in [0.29, 0.717) is 22.0 Å². The summed E-state index contributed by atoms with van der Waals surface area (Å²) in [6.07, 6.45) is -1.01. The van der Waals surface area contributed by atoms with E-state index < -0.39 is 12.7 Å². The van der Waals surface area contributed by atoms with Gasteiger partial charge in [-0.3, -0.25) is 9.78 Å². The summed E-state index contributed by atoms with van der Waals surface area (Å²) in [4.78, 5) is 14.2. The third-order valence-electron chi connectivity index (χ3n) is 3.08. The molecule has 1 atom stereocenters. The van der Waals surface area contributed by atoms with Crippen molar-refractivity contribution < 1.29 is 14.9 Å². The third kappa shape index (κ3) is 3.56. The third-order valence-corrected chi connectivity index (χ3v) is 3.63. The number of benzene rings is 1. The van der Waals surface area contributed by atoms with Gasteiger partial charge in [0.05, 0.1) is 32.1 Å². The number of methoxy groups -OCH3 is 1. The molecule has 0 aliphatic carbocycles. The van der Waals surface area contributed by atoms with Crippen LogP contribution in [0.25, 0.3) is 11.3 Å². The van der Waals surface area contributed by atoms with Crippen LogP contribution in [0.4, 0.5) is 0 Å². The molecule has 1 heterocycles. The minimum Gasteiger partial charge on any atom is -0.496 e. The molecule has 6 nitrogen and oxygen atoms in total. The molecule has 0 fully saturated rings.